The van der Waals surface area contributed by atoms with Gasteiger partial charge in [-0.05, 0) is 25.1 Å². The van der Waals surface area contributed by atoms with Gasteiger partial charge in [0.25, 0.3) is 5.91 Å². The highest BCUT2D eigenvalue weighted by molar-refractivity contribution is 5.94. The van der Waals surface area contributed by atoms with Crippen LogP contribution in [0.1, 0.15) is 16.8 Å². The number of halogens is 2. The molecule has 6 heteroatoms. The molecule has 0 aliphatic carbocycles. The van der Waals surface area contributed by atoms with Crippen molar-refractivity contribution in [1.29, 1.82) is 0 Å². The molecular formula is C12H15F2N3O. The van der Waals surface area contributed by atoms with E-state index in [0.29, 0.717) is 12.6 Å². The van der Waals surface area contributed by atoms with E-state index < -0.39 is 23.1 Å². The van der Waals surface area contributed by atoms with Crippen LogP contribution in [-0.4, -0.2) is 31.1 Å². The molecule has 0 spiro atoms. The quantitative estimate of drug-likeness (QED) is 0.731. The SMILES string of the molecule is N[C@]1(CNC(=O)c2ccc(F)cc2F)CCNC1. The molecule has 0 bridgehead atoms. The molecule has 0 unspecified atom stereocenters. The molecule has 1 saturated heterocycles. The van der Waals surface area contributed by atoms with E-state index in [-0.39, 0.29) is 12.1 Å². The first-order chi connectivity index (χ1) is 8.50. The van der Waals surface area contributed by atoms with E-state index in [1.165, 1.54) is 0 Å². The lowest BCUT2D eigenvalue weighted by Crippen LogP contribution is -2.51. The van der Waals surface area contributed by atoms with Crippen molar-refractivity contribution >= 4 is 5.91 Å². The van der Waals surface area contributed by atoms with E-state index in [0.717, 1.165) is 25.1 Å². The summed E-state index contributed by atoms with van der Waals surface area (Å²) in [5, 5.41) is 5.67. The highest BCUT2D eigenvalue weighted by Gasteiger charge is 2.29. The Hall–Kier alpha value is -1.53. The average Bonchev–Trinajstić information content (AvgIpc) is 2.74. The molecule has 1 amide bonds. The zero-order valence-electron chi connectivity index (χ0n) is 9.80. The molecule has 0 saturated carbocycles. The van der Waals surface area contributed by atoms with Gasteiger partial charge < -0.3 is 16.4 Å². The molecule has 0 aromatic heterocycles. The molecule has 1 atom stereocenters. The smallest absolute Gasteiger partial charge is 0.254 e. The molecule has 0 radical (unpaired) electrons. The molecule has 1 fully saturated rings. The highest BCUT2D eigenvalue weighted by atomic mass is 19.1. The fraction of sp³-hybridized carbons (Fsp3) is 0.417. The first-order valence-corrected chi connectivity index (χ1v) is 5.73. The minimum Gasteiger partial charge on any atom is -0.350 e. The van der Waals surface area contributed by atoms with Gasteiger partial charge in [0, 0.05) is 24.7 Å². The molecular weight excluding hydrogens is 240 g/mol. The largest absolute Gasteiger partial charge is 0.350 e. The lowest BCUT2D eigenvalue weighted by Gasteiger charge is -2.22. The number of carbonyl (C=O) groups is 1. The number of nitrogens with one attached hydrogen (secondary N) is 2. The second kappa shape index (κ2) is 4.99. The van der Waals surface area contributed by atoms with E-state index in [4.69, 9.17) is 5.73 Å². The van der Waals surface area contributed by atoms with Gasteiger partial charge in [0.05, 0.1) is 5.56 Å². The Morgan fingerprint density at radius 1 is 1.50 bits per heavy atom. The second-order valence-electron chi connectivity index (χ2n) is 4.60. The Bertz CT molecular complexity index is 459. The number of rotatable bonds is 3. The van der Waals surface area contributed by atoms with E-state index >= 15 is 0 Å². The van der Waals surface area contributed by atoms with Gasteiger partial charge in [-0.1, -0.05) is 0 Å². The first kappa shape index (κ1) is 12.9. The van der Waals surface area contributed by atoms with Crippen LogP contribution >= 0.6 is 0 Å². The fourth-order valence-corrected chi connectivity index (χ4v) is 1.94. The Balaban J connectivity index is 1.99. The summed E-state index contributed by atoms with van der Waals surface area (Å²) >= 11 is 0. The third kappa shape index (κ3) is 2.83. The van der Waals surface area contributed by atoms with Gasteiger partial charge in [-0.2, -0.15) is 0 Å². The summed E-state index contributed by atoms with van der Waals surface area (Å²) in [6.07, 6.45) is 0.749. The molecule has 1 aliphatic heterocycles. The minimum atomic E-state index is -0.872. The molecule has 98 valence electrons. The summed E-state index contributed by atoms with van der Waals surface area (Å²) in [6.45, 7) is 1.67. The van der Waals surface area contributed by atoms with Gasteiger partial charge in [-0.3, -0.25) is 4.79 Å². The number of hydrogen-bond acceptors (Lipinski definition) is 3. The molecule has 1 aromatic carbocycles. The molecule has 4 nitrogen and oxygen atoms in total. The maximum Gasteiger partial charge on any atom is 0.254 e. The van der Waals surface area contributed by atoms with Crippen LogP contribution in [0.4, 0.5) is 8.78 Å². The zero-order valence-corrected chi connectivity index (χ0v) is 9.80. The highest BCUT2D eigenvalue weighted by Crippen LogP contribution is 2.12. The van der Waals surface area contributed by atoms with Crippen LogP contribution in [0.2, 0.25) is 0 Å². The van der Waals surface area contributed by atoms with Gasteiger partial charge in [0.2, 0.25) is 0 Å². The van der Waals surface area contributed by atoms with Gasteiger partial charge in [0.15, 0.2) is 0 Å². The number of amides is 1. The Labute approximate surface area is 104 Å². The molecule has 1 aliphatic rings. The summed E-state index contributed by atoms with van der Waals surface area (Å²) in [5.74, 6) is -2.16. The van der Waals surface area contributed by atoms with Crippen molar-refractivity contribution < 1.29 is 13.6 Å². The van der Waals surface area contributed by atoms with Crippen molar-refractivity contribution in [2.75, 3.05) is 19.6 Å². The summed E-state index contributed by atoms with van der Waals surface area (Å²) in [5.41, 5.74) is 5.35. The molecule has 4 N–H and O–H groups in total. The maximum atomic E-state index is 13.4. The third-order valence-corrected chi connectivity index (χ3v) is 3.05. The number of benzene rings is 1. The van der Waals surface area contributed by atoms with Crippen LogP contribution in [0.3, 0.4) is 0 Å². The first-order valence-electron chi connectivity index (χ1n) is 5.73. The van der Waals surface area contributed by atoms with Gasteiger partial charge in [0.1, 0.15) is 11.6 Å². The summed E-state index contributed by atoms with van der Waals surface area (Å²) in [6, 6.07) is 2.85. The molecule has 18 heavy (non-hydrogen) atoms. The molecule has 1 aromatic rings. The van der Waals surface area contributed by atoms with Crippen molar-refractivity contribution in [2.24, 2.45) is 5.73 Å². The van der Waals surface area contributed by atoms with Crippen molar-refractivity contribution in [3.8, 4) is 0 Å². The predicted molar refractivity (Wildman–Crippen MR) is 63.1 cm³/mol. The predicted octanol–water partition coefficient (Wildman–Crippen LogP) is 0.385. The van der Waals surface area contributed by atoms with Crippen LogP contribution in [-0.2, 0) is 0 Å². The summed E-state index contributed by atoms with van der Waals surface area (Å²) < 4.78 is 26.1. The van der Waals surface area contributed by atoms with Crippen molar-refractivity contribution in [2.45, 2.75) is 12.0 Å². The van der Waals surface area contributed by atoms with Crippen LogP contribution in [0.5, 0.6) is 0 Å². The average molecular weight is 255 g/mol. The number of hydrogen-bond donors (Lipinski definition) is 3. The Morgan fingerprint density at radius 3 is 2.89 bits per heavy atom. The van der Waals surface area contributed by atoms with Crippen LogP contribution < -0.4 is 16.4 Å². The van der Waals surface area contributed by atoms with E-state index in [2.05, 4.69) is 10.6 Å². The van der Waals surface area contributed by atoms with E-state index in [1.807, 2.05) is 0 Å². The van der Waals surface area contributed by atoms with Gasteiger partial charge in [-0.15, -0.1) is 0 Å². The standard InChI is InChI=1S/C12H15F2N3O/c13-8-1-2-9(10(14)5-8)11(18)17-7-12(15)3-4-16-6-12/h1-2,5,16H,3-4,6-7,15H2,(H,17,18)/t12-/m1/s1. The Kier molecular flexibility index (Phi) is 3.58. The van der Waals surface area contributed by atoms with Crippen LogP contribution in [0.25, 0.3) is 0 Å². The topological polar surface area (TPSA) is 67.1 Å². The summed E-state index contributed by atoms with van der Waals surface area (Å²) in [4.78, 5) is 11.7. The van der Waals surface area contributed by atoms with Crippen molar-refractivity contribution in [3.63, 3.8) is 0 Å². The van der Waals surface area contributed by atoms with Crippen molar-refractivity contribution in [3.05, 3.63) is 35.4 Å². The number of nitrogens with two attached hydrogens (primary N) is 1. The Morgan fingerprint density at radius 2 is 2.28 bits per heavy atom. The lowest BCUT2D eigenvalue weighted by atomic mass is 10.0. The van der Waals surface area contributed by atoms with E-state index in [1.54, 1.807) is 0 Å². The normalized spacial score (nSPS) is 23.1. The third-order valence-electron chi connectivity index (χ3n) is 3.05. The fourth-order valence-electron chi connectivity index (χ4n) is 1.94. The molecule has 1 heterocycles. The van der Waals surface area contributed by atoms with Gasteiger partial charge >= 0.3 is 0 Å². The number of carbonyl (C=O) groups excluding carboxylic acids is 1. The lowest BCUT2D eigenvalue weighted by molar-refractivity contribution is 0.0940. The minimum absolute atomic E-state index is 0.175. The summed E-state index contributed by atoms with van der Waals surface area (Å²) in [7, 11) is 0. The monoisotopic (exact) mass is 255 g/mol. The maximum absolute atomic E-state index is 13.4. The molecule has 2 rings (SSSR count). The zero-order chi connectivity index (χ0) is 13.2. The van der Waals surface area contributed by atoms with Crippen molar-refractivity contribution in [1.82, 2.24) is 10.6 Å². The second-order valence-corrected chi connectivity index (χ2v) is 4.60. The van der Waals surface area contributed by atoms with E-state index in [9.17, 15) is 13.6 Å². The van der Waals surface area contributed by atoms with Crippen LogP contribution in [0, 0.1) is 11.6 Å². The van der Waals surface area contributed by atoms with Gasteiger partial charge in [-0.25, -0.2) is 8.78 Å². The van der Waals surface area contributed by atoms with Crippen LogP contribution in [0.15, 0.2) is 18.2 Å².